The van der Waals surface area contributed by atoms with Crippen LogP contribution >= 0.6 is 0 Å². The zero-order valence-electron chi connectivity index (χ0n) is 8.95. The van der Waals surface area contributed by atoms with Crippen molar-refractivity contribution in [2.45, 2.75) is 19.4 Å². The second-order valence-corrected chi connectivity index (χ2v) is 3.68. The third-order valence-corrected chi connectivity index (χ3v) is 2.19. The molecule has 1 heterocycles. The molecule has 0 aromatic carbocycles. The van der Waals surface area contributed by atoms with Crippen LogP contribution in [0.5, 0.6) is 0 Å². The maximum Gasteiger partial charge on any atom is 0.317 e. The minimum Gasteiger partial charge on any atom is -0.388 e. The van der Waals surface area contributed by atoms with Crippen LogP contribution in [0, 0.1) is 5.41 Å². The molecule has 86 valence electrons. The van der Waals surface area contributed by atoms with Crippen molar-refractivity contribution in [1.29, 1.82) is 5.41 Å². The highest BCUT2D eigenvalue weighted by atomic mass is 16.5. The van der Waals surface area contributed by atoms with E-state index in [0.717, 1.165) is 0 Å². The quantitative estimate of drug-likeness (QED) is 0.446. The Morgan fingerprint density at radius 2 is 2.20 bits per heavy atom. The largest absolute Gasteiger partial charge is 0.388 e. The van der Waals surface area contributed by atoms with E-state index in [4.69, 9.17) is 15.9 Å². The lowest BCUT2D eigenvalue weighted by Crippen LogP contribution is -2.49. The minimum absolute atomic E-state index is 0.0878. The molecule has 0 radical (unpaired) electrons. The van der Waals surface area contributed by atoms with Crippen molar-refractivity contribution in [3.05, 3.63) is 0 Å². The highest BCUT2D eigenvalue weighted by molar-refractivity contribution is 5.79. The fourth-order valence-corrected chi connectivity index (χ4v) is 1.45. The van der Waals surface area contributed by atoms with Gasteiger partial charge in [-0.2, -0.15) is 0 Å². The van der Waals surface area contributed by atoms with Gasteiger partial charge in [0.1, 0.15) is 0 Å². The Morgan fingerprint density at radius 3 is 2.73 bits per heavy atom. The Kier molecular flexibility index (Phi) is 4.36. The lowest BCUT2D eigenvalue weighted by molar-refractivity contribution is 0.0527. The number of urea groups is 1. The molecule has 1 unspecified atom stereocenters. The summed E-state index contributed by atoms with van der Waals surface area (Å²) in [4.78, 5) is 13.3. The van der Waals surface area contributed by atoms with E-state index >= 15 is 0 Å². The molecule has 0 aromatic heterocycles. The van der Waals surface area contributed by atoms with E-state index in [0.29, 0.717) is 32.7 Å². The average Bonchev–Trinajstić information content (AvgIpc) is 2.17. The molecule has 6 heteroatoms. The molecule has 4 N–H and O–H groups in total. The Labute approximate surface area is 89.3 Å². The van der Waals surface area contributed by atoms with Crippen molar-refractivity contribution in [1.82, 2.24) is 10.2 Å². The normalized spacial score (nSPS) is 18.3. The maximum absolute atomic E-state index is 11.6. The van der Waals surface area contributed by atoms with Gasteiger partial charge in [-0.25, -0.2) is 4.79 Å². The molecule has 0 saturated carbocycles. The first-order valence-corrected chi connectivity index (χ1v) is 5.05. The monoisotopic (exact) mass is 214 g/mol. The summed E-state index contributed by atoms with van der Waals surface area (Å²) in [6, 6.07) is -0.204. The minimum atomic E-state index is -0.105. The second-order valence-electron chi connectivity index (χ2n) is 3.68. The van der Waals surface area contributed by atoms with Crippen LogP contribution < -0.4 is 11.1 Å². The predicted molar refractivity (Wildman–Crippen MR) is 56.9 cm³/mol. The van der Waals surface area contributed by atoms with Gasteiger partial charge in [0.2, 0.25) is 0 Å². The van der Waals surface area contributed by atoms with E-state index in [-0.39, 0.29) is 17.9 Å². The van der Waals surface area contributed by atoms with Gasteiger partial charge in [-0.05, 0) is 6.92 Å². The predicted octanol–water partition coefficient (Wildman–Crippen LogP) is -0.257. The van der Waals surface area contributed by atoms with E-state index in [1.54, 1.807) is 4.90 Å². The van der Waals surface area contributed by atoms with Crippen LogP contribution in [0.25, 0.3) is 0 Å². The van der Waals surface area contributed by atoms with Gasteiger partial charge in [0.25, 0.3) is 0 Å². The Morgan fingerprint density at radius 1 is 1.60 bits per heavy atom. The summed E-state index contributed by atoms with van der Waals surface area (Å²) >= 11 is 0. The topological polar surface area (TPSA) is 91.4 Å². The van der Waals surface area contributed by atoms with Crippen LogP contribution in [-0.2, 0) is 4.74 Å². The van der Waals surface area contributed by atoms with Gasteiger partial charge in [0.05, 0.1) is 19.0 Å². The van der Waals surface area contributed by atoms with Crippen molar-refractivity contribution in [2.75, 3.05) is 26.3 Å². The van der Waals surface area contributed by atoms with Gasteiger partial charge in [0.15, 0.2) is 0 Å². The van der Waals surface area contributed by atoms with Crippen molar-refractivity contribution >= 4 is 11.9 Å². The Hall–Kier alpha value is -1.30. The number of hydrogen-bond acceptors (Lipinski definition) is 3. The second kappa shape index (κ2) is 5.55. The first kappa shape index (κ1) is 11.8. The fraction of sp³-hybridized carbons (Fsp3) is 0.778. The summed E-state index contributed by atoms with van der Waals surface area (Å²) < 4.78 is 5.14. The van der Waals surface area contributed by atoms with Crippen LogP contribution in [0.1, 0.15) is 13.3 Å². The lowest BCUT2D eigenvalue weighted by atomic mass is 10.2. The van der Waals surface area contributed by atoms with E-state index in [2.05, 4.69) is 5.32 Å². The number of nitrogens with two attached hydrogens (primary N) is 1. The SMILES string of the molecule is CC(CC(=N)N)NC(=O)N1CCOCC1. The Bertz CT molecular complexity index is 238. The molecule has 1 saturated heterocycles. The number of amidine groups is 1. The number of carbonyl (C=O) groups excluding carboxylic acids is 1. The number of ether oxygens (including phenoxy) is 1. The van der Waals surface area contributed by atoms with Crippen LogP contribution in [0.2, 0.25) is 0 Å². The highest BCUT2D eigenvalue weighted by Gasteiger charge is 2.18. The van der Waals surface area contributed by atoms with E-state index < -0.39 is 0 Å². The average molecular weight is 214 g/mol. The van der Waals surface area contributed by atoms with Crippen molar-refractivity contribution < 1.29 is 9.53 Å². The molecule has 1 aliphatic heterocycles. The van der Waals surface area contributed by atoms with Crippen molar-refractivity contribution in [2.24, 2.45) is 5.73 Å². The van der Waals surface area contributed by atoms with Crippen molar-refractivity contribution in [3.63, 3.8) is 0 Å². The number of carbonyl (C=O) groups is 1. The van der Waals surface area contributed by atoms with Gasteiger partial charge >= 0.3 is 6.03 Å². The van der Waals surface area contributed by atoms with Crippen LogP contribution in [0.3, 0.4) is 0 Å². The molecule has 1 atom stereocenters. The standard InChI is InChI=1S/C9H18N4O2/c1-7(6-8(10)11)12-9(14)13-2-4-15-5-3-13/h7H,2-6H2,1H3,(H3,10,11)(H,12,14). The smallest absolute Gasteiger partial charge is 0.317 e. The third kappa shape index (κ3) is 4.16. The molecule has 1 aliphatic rings. The zero-order chi connectivity index (χ0) is 11.3. The molecule has 0 spiro atoms. The van der Waals surface area contributed by atoms with Crippen LogP contribution in [-0.4, -0.2) is 49.1 Å². The summed E-state index contributed by atoms with van der Waals surface area (Å²) in [7, 11) is 0. The molecule has 0 bridgehead atoms. The fourth-order valence-electron chi connectivity index (χ4n) is 1.45. The number of nitrogens with one attached hydrogen (secondary N) is 2. The summed E-state index contributed by atoms with van der Waals surface area (Å²) in [5, 5.41) is 9.90. The van der Waals surface area contributed by atoms with Crippen LogP contribution in [0.4, 0.5) is 4.79 Å². The summed E-state index contributed by atoms with van der Waals surface area (Å²) in [5.41, 5.74) is 5.25. The molecule has 0 aromatic rings. The molecule has 6 nitrogen and oxygen atoms in total. The highest BCUT2D eigenvalue weighted by Crippen LogP contribution is 1.99. The van der Waals surface area contributed by atoms with Crippen molar-refractivity contribution in [3.8, 4) is 0 Å². The van der Waals surface area contributed by atoms with E-state index in [9.17, 15) is 4.79 Å². The number of rotatable bonds is 3. The summed E-state index contributed by atoms with van der Waals surface area (Å²) in [5.74, 6) is 0.0878. The molecular formula is C9H18N4O2. The van der Waals surface area contributed by atoms with E-state index in [1.165, 1.54) is 0 Å². The van der Waals surface area contributed by atoms with Crippen LogP contribution in [0.15, 0.2) is 0 Å². The molecule has 2 amide bonds. The summed E-state index contributed by atoms with van der Waals surface area (Å²) in [6.07, 6.45) is 0.385. The molecule has 0 aliphatic carbocycles. The molecule has 15 heavy (non-hydrogen) atoms. The lowest BCUT2D eigenvalue weighted by Gasteiger charge is -2.28. The molecule has 1 fully saturated rings. The number of hydrogen-bond donors (Lipinski definition) is 3. The third-order valence-electron chi connectivity index (χ3n) is 2.19. The number of morpholine rings is 1. The molecule has 1 rings (SSSR count). The van der Waals surface area contributed by atoms with Gasteiger partial charge in [0, 0.05) is 25.6 Å². The van der Waals surface area contributed by atoms with E-state index in [1.807, 2.05) is 6.92 Å². The first-order chi connectivity index (χ1) is 7.09. The Balaban J connectivity index is 2.30. The summed E-state index contributed by atoms with van der Waals surface area (Å²) in [6.45, 7) is 4.26. The first-order valence-electron chi connectivity index (χ1n) is 5.05. The van der Waals surface area contributed by atoms with Gasteiger partial charge in [-0.15, -0.1) is 0 Å². The number of nitrogens with zero attached hydrogens (tertiary/aromatic N) is 1. The van der Waals surface area contributed by atoms with Gasteiger partial charge in [-0.1, -0.05) is 0 Å². The molecular weight excluding hydrogens is 196 g/mol. The number of amides is 2. The zero-order valence-corrected chi connectivity index (χ0v) is 8.95. The maximum atomic E-state index is 11.6. The van der Waals surface area contributed by atoms with Gasteiger partial charge in [-0.3, -0.25) is 5.41 Å². The van der Waals surface area contributed by atoms with Gasteiger partial charge < -0.3 is 20.7 Å².